The highest BCUT2D eigenvalue weighted by atomic mass is 19.1. The summed E-state index contributed by atoms with van der Waals surface area (Å²) >= 11 is 0. The van der Waals surface area contributed by atoms with Crippen molar-refractivity contribution in [2.75, 3.05) is 5.32 Å². The van der Waals surface area contributed by atoms with Crippen molar-refractivity contribution in [3.05, 3.63) is 29.6 Å². The maximum absolute atomic E-state index is 12.9. The molecule has 6 heteroatoms. The van der Waals surface area contributed by atoms with Crippen LogP contribution in [0.5, 0.6) is 0 Å². The van der Waals surface area contributed by atoms with Crippen molar-refractivity contribution in [2.45, 2.75) is 32.7 Å². The zero-order valence-electron chi connectivity index (χ0n) is 10.9. The van der Waals surface area contributed by atoms with Crippen LogP contribution in [0, 0.1) is 12.7 Å². The highest BCUT2D eigenvalue weighted by Crippen LogP contribution is 2.15. The number of rotatable bonds is 5. The first-order valence-electron chi connectivity index (χ1n) is 5.97. The molecule has 0 aromatic heterocycles. The van der Waals surface area contributed by atoms with Crippen LogP contribution in [0.1, 0.15) is 25.3 Å². The minimum absolute atomic E-state index is 0.133. The normalized spacial score (nSPS) is 11.7. The Bertz CT molecular complexity index is 477. The molecule has 1 atom stereocenters. The molecule has 0 aliphatic carbocycles. The number of carbonyl (C=O) groups is 2. The molecule has 0 spiro atoms. The molecule has 0 aliphatic heterocycles. The second kappa shape index (κ2) is 6.72. The zero-order valence-corrected chi connectivity index (χ0v) is 10.9. The fourth-order valence-electron chi connectivity index (χ4n) is 1.62. The van der Waals surface area contributed by atoms with E-state index in [4.69, 9.17) is 5.11 Å². The van der Waals surface area contributed by atoms with Crippen molar-refractivity contribution in [3.8, 4) is 0 Å². The molecule has 1 aromatic rings. The molecular formula is C13H17FN2O3. The molecule has 104 valence electrons. The molecule has 0 heterocycles. The van der Waals surface area contributed by atoms with Gasteiger partial charge in [-0.3, -0.25) is 4.79 Å². The molecule has 0 bridgehead atoms. The predicted molar refractivity (Wildman–Crippen MR) is 69.6 cm³/mol. The van der Waals surface area contributed by atoms with Crippen LogP contribution in [0.3, 0.4) is 0 Å². The van der Waals surface area contributed by atoms with Crippen molar-refractivity contribution in [1.82, 2.24) is 5.32 Å². The second-order valence-electron chi connectivity index (χ2n) is 4.26. The van der Waals surface area contributed by atoms with E-state index in [0.717, 1.165) is 0 Å². The number of amides is 2. The lowest BCUT2D eigenvalue weighted by Gasteiger charge is -2.16. The molecule has 3 N–H and O–H groups in total. The SMILES string of the molecule is CCC(CC(=O)O)NC(=O)Nc1ccc(F)cc1C. The molecule has 0 saturated carbocycles. The van der Waals surface area contributed by atoms with Gasteiger partial charge < -0.3 is 15.7 Å². The van der Waals surface area contributed by atoms with Crippen LogP contribution in [0.2, 0.25) is 0 Å². The van der Waals surface area contributed by atoms with Crippen LogP contribution >= 0.6 is 0 Å². The summed E-state index contributed by atoms with van der Waals surface area (Å²) in [5.41, 5.74) is 1.09. The third kappa shape index (κ3) is 4.95. The molecule has 5 nitrogen and oxygen atoms in total. The summed E-state index contributed by atoms with van der Waals surface area (Å²) in [7, 11) is 0. The quantitative estimate of drug-likeness (QED) is 0.767. The summed E-state index contributed by atoms with van der Waals surface area (Å²) in [6, 6.07) is 3.09. The van der Waals surface area contributed by atoms with E-state index >= 15 is 0 Å². The molecule has 19 heavy (non-hydrogen) atoms. The Labute approximate surface area is 110 Å². The van der Waals surface area contributed by atoms with Gasteiger partial charge in [0, 0.05) is 11.7 Å². The number of urea groups is 1. The summed E-state index contributed by atoms with van der Waals surface area (Å²) in [6.07, 6.45) is 0.383. The Morgan fingerprint density at radius 2 is 2.11 bits per heavy atom. The molecule has 2 amide bonds. The lowest BCUT2D eigenvalue weighted by Crippen LogP contribution is -2.39. The van der Waals surface area contributed by atoms with E-state index in [2.05, 4.69) is 10.6 Å². The summed E-state index contributed by atoms with van der Waals surface area (Å²) in [4.78, 5) is 22.3. The fraction of sp³-hybridized carbons (Fsp3) is 0.385. The van der Waals surface area contributed by atoms with Gasteiger partial charge in [-0.25, -0.2) is 9.18 Å². The van der Waals surface area contributed by atoms with E-state index in [9.17, 15) is 14.0 Å². The van der Waals surface area contributed by atoms with Gasteiger partial charge in [0.05, 0.1) is 6.42 Å². The van der Waals surface area contributed by atoms with E-state index in [-0.39, 0.29) is 12.2 Å². The van der Waals surface area contributed by atoms with Gasteiger partial charge in [0.2, 0.25) is 0 Å². The number of aryl methyl sites for hydroxylation is 1. The summed E-state index contributed by atoms with van der Waals surface area (Å²) in [5, 5.41) is 13.8. The molecule has 0 saturated heterocycles. The maximum atomic E-state index is 12.9. The molecule has 1 unspecified atom stereocenters. The highest BCUT2D eigenvalue weighted by Gasteiger charge is 2.14. The molecule has 1 rings (SSSR count). The topological polar surface area (TPSA) is 78.4 Å². The number of nitrogens with one attached hydrogen (secondary N) is 2. The minimum Gasteiger partial charge on any atom is -0.481 e. The van der Waals surface area contributed by atoms with Crippen molar-refractivity contribution in [2.24, 2.45) is 0 Å². The number of halogens is 1. The van der Waals surface area contributed by atoms with Crippen LogP contribution in [0.15, 0.2) is 18.2 Å². The van der Waals surface area contributed by atoms with Gasteiger partial charge >= 0.3 is 12.0 Å². The Morgan fingerprint density at radius 1 is 1.42 bits per heavy atom. The lowest BCUT2D eigenvalue weighted by atomic mass is 10.1. The first kappa shape index (κ1) is 14.9. The zero-order chi connectivity index (χ0) is 14.4. The van der Waals surface area contributed by atoms with Gasteiger partial charge in [-0.05, 0) is 37.1 Å². The number of aliphatic carboxylic acids is 1. The Kier molecular flexibility index (Phi) is 5.29. The Morgan fingerprint density at radius 3 is 2.63 bits per heavy atom. The number of hydrogen-bond donors (Lipinski definition) is 3. The van der Waals surface area contributed by atoms with E-state index in [1.54, 1.807) is 13.8 Å². The Hall–Kier alpha value is -2.11. The summed E-state index contributed by atoms with van der Waals surface area (Å²) < 4.78 is 12.9. The van der Waals surface area contributed by atoms with Crippen molar-refractivity contribution < 1.29 is 19.1 Å². The number of carboxylic acids is 1. The van der Waals surface area contributed by atoms with Crippen molar-refractivity contribution in [1.29, 1.82) is 0 Å². The average molecular weight is 268 g/mol. The number of benzene rings is 1. The molecule has 0 fully saturated rings. The van der Waals surface area contributed by atoms with E-state index in [1.165, 1.54) is 18.2 Å². The fourth-order valence-corrected chi connectivity index (χ4v) is 1.62. The van der Waals surface area contributed by atoms with Crippen LogP contribution in [0.25, 0.3) is 0 Å². The summed E-state index contributed by atoms with van der Waals surface area (Å²) in [5.74, 6) is -1.34. The van der Waals surface area contributed by atoms with E-state index in [0.29, 0.717) is 17.7 Å². The van der Waals surface area contributed by atoms with Crippen LogP contribution in [-0.2, 0) is 4.79 Å². The minimum atomic E-state index is -0.967. The van der Waals surface area contributed by atoms with Gasteiger partial charge in [0.25, 0.3) is 0 Å². The van der Waals surface area contributed by atoms with Gasteiger partial charge in [0.15, 0.2) is 0 Å². The number of carbonyl (C=O) groups excluding carboxylic acids is 1. The van der Waals surface area contributed by atoms with Gasteiger partial charge in [-0.1, -0.05) is 6.92 Å². The average Bonchev–Trinajstić information content (AvgIpc) is 2.31. The van der Waals surface area contributed by atoms with Crippen LogP contribution < -0.4 is 10.6 Å². The van der Waals surface area contributed by atoms with Crippen molar-refractivity contribution in [3.63, 3.8) is 0 Å². The molecule has 0 radical (unpaired) electrons. The standard InChI is InChI=1S/C13H17FN2O3/c1-3-10(7-12(17)18)15-13(19)16-11-5-4-9(14)6-8(11)2/h4-6,10H,3,7H2,1-2H3,(H,17,18)(H2,15,16,19). The third-order valence-corrected chi connectivity index (χ3v) is 2.69. The first-order chi connectivity index (χ1) is 8.92. The molecule has 0 aliphatic rings. The monoisotopic (exact) mass is 268 g/mol. The predicted octanol–water partition coefficient (Wildman–Crippen LogP) is 2.51. The number of hydrogen-bond acceptors (Lipinski definition) is 2. The van der Waals surface area contributed by atoms with Gasteiger partial charge in [-0.15, -0.1) is 0 Å². The van der Waals surface area contributed by atoms with Gasteiger partial charge in [0.1, 0.15) is 5.82 Å². The lowest BCUT2D eigenvalue weighted by molar-refractivity contribution is -0.137. The number of anilines is 1. The first-order valence-corrected chi connectivity index (χ1v) is 5.97. The van der Waals surface area contributed by atoms with E-state index < -0.39 is 18.0 Å². The molecule has 1 aromatic carbocycles. The maximum Gasteiger partial charge on any atom is 0.319 e. The smallest absolute Gasteiger partial charge is 0.319 e. The van der Waals surface area contributed by atoms with E-state index in [1.807, 2.05) is 0 Å². The Balaban J connectivity index is 2.61. The summed E-state index contributed by atoms with van der Waals surface area (Å²) in [6.45, 7) is 3.46. The van der Waals surface area contributed by atoms with Crippen molar-refractivity contribution >= 4 is 17.7 Å². The van der Waals surface area contributed by atoms with Crippen LogP contribution in [0.4, 0.5) is 14.9 Å². The van der Waals surface area contributed by atoms with Gasteiger partial charge in [-0.2, -0.15) is 0 Å². The second-order valence-corrected chi connectivity index (χ2v) is 4.26. The van der Waals surface area contributed by atoms with Crippen LogP contribution in [-0.4, -0.2) is 23.1 Å². The highest BCUT2D eigenvalue weighted by molar-refractivity contribution is 5.90. The molecular weight excluding hydrogens is 251 g/mol. The third-order valence-electron chi connectivity index (χ3n) is 2.69. The number of carboxylic acid groups (broad SMARTS) is 1. The largest absolute Gasteiger partial charge is 0.481 e.